The summed E-state index contributed by atoms with van der Waals surface area (Å²) in [5, 5.41) is 12.7. The second-order valence-electron chi connectivity index (χ2n) is 16.5. The Labute approximate surface area is 358 Å². The summed E-state index contributed by atoms with van der Waals surface area (Å²) in [6.45, 7) is 0. The first-order chi connectivity index (χ1) is 30.7. The maximum Gasteiger partial charge on any atom is 0.0541 e. The zero-order chi connectivity index (χ0) is 40.7. The molecule has 0 saturated heterocycles. The van der Waals surface area contributed by atoms with E-state index < -0.39 is 0 Å². The molecule has 0 fully saturated rings. The number of benzene rings is 11. The maximum atomic E-state index is 2.43. The third kappa shape index (κ3) is 5.30. The second kappa shape index (κ2) is 13.7. The molecule has 11 aromatic carbocycles. The van der Waals surface area contributed by atoms with Crippen molar-refractivity contribution in [1.29, 1.82) is 0 Å². The Bertz CT molecular complexity index is 3870. The summed E-state index contributed by atoms with van der Waals surface area (Å²) in [4.78, 5) is 0. The molecule has 13 rings (SSSR count). The molecule has 288 valence electrons. The van der Waals surface area contributed by atoms with Gasteiger partial charge in [0.2, 0.25) is 0 Å². The van der Waals surface area contributed by atoms with Crippen molar-refractivity contribution in [3.63, 3.8) is 0 Å². The van der Waals surface area contributed by atoms with Gasteiger partial charge in [-0.25, -0.2) is 0 Å². The Morgan fingerprint density at radius 3 is 1.13 bits per heavy atom. The van der Waals surface area contributed by atoms with Crippen LogP contribution in [0.3, 0.4) is 0 Å². The Kier molecular flexibility index (Phi) is 7.64. The lowest BCUT2D eigenvalue weighted by molar-refractivity contribution is 1.18. The highest BCUT2D eigenvalue weighted by Crippen LogP contribution is 2.41. The lowest BCUT2D eigenvalue weighted by atomic mass is 9.92. The van der Waals surface area contributed by atoms with Crippen LogP contribution in [-0.4, -0.2) is 9.13 Å². The molecule has 0 spiro atoms. The highest BCUT2D eigenvalue weighted by molar-refractivity contribution is 6.25. The van der Waals surface area contributed by atoms with E-state index in [4.69, 9.17) is 0 Å². The van der Waals surface area contributed by atoms with Crippen molar-refractivity contribution in [2.45, 2.75) is 0 Å². The van der Waals surface area contributed by atoms with Gasteiger partial charge >= 0.3 is 0 Å². The maximum absolute atomic E-state index is 2.43. The number of fused-ring (bicyclic) bond motifs is 12. The van der Waals surface area contributed by atoms with E-state index in [-0.39, 0.29) is 0 Å². The topological polar surface area (TPSA) is 9.86 Å². The minimum atomic E-state index is 1.15. The molecule has 0 atom stereocenters. The third-order valence-electron chi connectivity index (χ3n) is 13.1. The standard InChI is InChI=1S/C60H38N2/c1-2-13-39(14-3-1)40-25-30-45(31-26-40)61-57-23-10-8-21-52(57)55-37-43(28-33-59(55)61)44-29-34-60-56(38-44)53-22-9-11-24-58(53)62(60)46-16-12-15-41(35-46)42-27-32-51-49-19-5-4-17-47(49)48-18-6-7-20-50(48)54(51)36-42/h1-38H. The summed E-state index contributed by atoms with van der Waals surface area (Å²) in [5.74, 6) is 0. The van der Waals surface area contributed by atoms with Crippen LogP contribution in [0.4, 0.5) is 0 Å². The summed E-state index contributed by atoms with van der Waals surface area (Å²) < 4.78 is 4.83. The number of rotatable bonds is 5. The molecule has 2 heterocycles. The SMILES string of the molecule is c1ccc(-c2ccc(-n3c4ccccc4c4cc(-c5ccc6c(c5)c5ccccc5n6-c5cccc(-c6ccc7c8ccccc8c8ccccc8c7c6)c5)ccc43)cc2)cc1. The highest BCUT2D eigenvalue weighted by atomic mass is 15.0. The van der Waals surface area contributed by atoms with E-state index in [0.717, 1.165) is 11.4 Å². The highest BCUT2D eigenvalue weighted by Gasteiger charge is 2.17. The van der Waals surface area contributed by atoms with Gasteiger partial charge < -0.3 is 9.13 Å². The van der Waals surface area contributed by atoms with Gasteiger partial charge in [0.15, 0.2) is 0 Å². The predicted molar refractivity (Wildman–Crippen MR) is 264 cm³/mol. The van der Waals surface area contributed by atoms with Crippen LogP contribution in [0.5, 0.6) is 0 Å². The van der Waals surface area contributed by atoms with Gasteiger partial charge in [0.05, 0.1) is 22.1 Å². The first-order valence-corrected chi connectivity index (χ1v) is 21.4. The van der Waals surface area contributed by atoms with E-state index >= 15 is 0 Å². The molecule has 62 heavy (non-hydrogen) atoms. The second-order valence-corrected chi connectivity index (χ2v) is 16.5. The van der Waals surface area contributed by atoms with Crippen molar-refractivity contribution in [3.05, 3.63) is 231 Å². The molecular weight excluding hydrogens is 749 g/mol. The molecule has 0 amide bonds. The molecule has 2 aromatic heterocycles. The van der Waals surface area contributed by atoms with Gasteiger partial charge in [-0.1, -0.05) is 164 Å². The summed E-state index contributed by atoms with van der Waals surface area (Å²) >= 11 is 0. The van der Waals surface area contributed by atoms with Crippen LogP contribution in [0.2, 0.25) is 0 Å². The van der Waals surface area contributed by atoms with Crippen LogP contribution in [0, 0.1) is 0 Å². The number of aromatic nitrogens is 2. The van der Waals surface area contributed by atoms with Gasteiger partial charge in [-0.2, -0.15) is 0 Å². The Morgan fingerprint density at radius 1 is 0.177 bits per heavy atom. The van der Waals surface area contributed by atoms with E-state index in [1.807, 2.05) is 0 Å². The molecule has 0 unspecified atom stereocenters. The molecule has 0 aliphatic heterocycles. The summed E-state index contributed by atoms with van der Waals surface area (Å²) in [6.07, 6.45) is 0. The Balaban J connectivity index is 0.917. The van der Waals surface area contributed by atoms with Crippen molar-refractivity contribution in [2.75, 3.05) is 0 Å². The largest absolute Gasteiger partial charge is 0.309 e. The molecule has 0 aliphatic carbocycles. The van der Waals surface area contributed by atoms with Gasteiger partial charge in [0, 0.05) is 32.9 Å². The smallest absolute Gasteiger partial charge is 0.0541 e. The van der Waals surface area contributed by atoms with Gasteiger partial charge in [-0.05, 0) is 132 Å². The quantitative estimate of drug-likeness (QED) is 0.154. The van der Waals surface area contributed by atoms with Crippen LogP contribution in [0.1, 0.15) is 0 Å². The number of nitrogens with zero attached hydrogens (tertiary/aromatic N) is 2. The molecule has 0 aliphatic rings. The minimum Gasteiger partial charge on any atom is -0.309 e. The van der Waals surface area contributed by atoms with Crippen molar-refractivity contribution >= 4 is 75.9 Å². The van der Waals surface area contributed by atoms with E-state index in [1.165, 1.54) is 109 Å². The number of hydrogen-bond acceptors (Lipinski definition) is 0. The molecule has 0 radical (unpaired) electrons. The minimum absolute atomic E-state index is 1.15. The molecule has 0 saturated carbocycles. The predicted octanol–water partition coefficient (Wildman–Crippen LogP) is 16.3. The zero-order valence-corrected chi connectivity index (χ0v) is 33.8. The number of para-hydroxylation sites is 2. The van der Waals surface area contributed by atoms with Gasteiger partial charge in [-0.15, -0.1) is 0 Å². The Morgan fingerprint density at radius 2 is 0.548 bits per heavy atom. The van der Waals surface area contributed by atoms with Crippen LogP contribution in [-0.2, 0) is 0 Å². The fraction of sp³-hybridized carbons (Fsp3) is 0. The fourth-order valence-electron chi connectivity index (χ4n) is 10.2. The summed E-state index contributed by atoms with van der Waals surface area (Å²) in [6, 6.07) is 84.7. The van der Waals surface area contributed by atoms with Gasteiger partial charge in [0.25, 0.3) is 0 Å². The molecule has 0 bridgehead atoms. The average Bonchev–Trinajstić information content (AvgIpc) is 3.86. The van der Waals surface area contributed by atoms with Gasteiger partial charge in [-0.3, -0.25) is 0 Å². The van der Waals surface area contributed by atoms with Crippen molar-refractivity contribution in [3.8, 4) is 44.8 Å². The van der Waals surface area contributed by atoms with E-state index in [1.54, 1.807) is 0 Å². The third-order valence-corrected chi connectivity index (χ3v) is 13.1. The van der Waals surface area contributed by atoms with Crippen molar-refractivity contribution < 1.29 is 0 Å². The van der Waals surface area contributed by atoms with Crippen LogP contribution in [0.25, 0.3) is 121 Å². The van der Waals surface area contributed by atoms with Crippen LogP contribution < -0.4 is 0 Å². The normalized spacial score (nSPS) is 11.9. The summed E-state index contributed by atoms with van der Waals surface area (Å²) in [7, 11) is 0. The lowest BCUT2D eigenvalue weighted by Crippen LogP contribution is -1.94. The van der Waals surface area contributed by atoms with E-state index in [2.05, 4.69) is 240 Å². The monoisotopic (exact) mass is 786 g/mol. The van der Waals surface area contributed by atoms with E-state index in [9.17, 15) is 0 Å². The summed E-state index contributed by atoms with van der Waals surface area (Å²) in [5.41, 5.74) is 14.4. The zero-order valence-electron chi connectivity index (χ0n) is 33.8. The van der Waals surface area contributed by atoms with Gasteiger partial charge in [0.1, 0.15) is 0 Å². The van der Waals surface area contributed by atoms with Crippen molar-refractivity contribution in [1.82, 2.24) is 9.13 Å². The molecular formula is C60H38N2. The Hall–Kier alpha value is -8.20. The molecule has 2 nitrogen and oxygen atoms in total. The van der Waals surface area contributed by atoms with Crippen LogP contribution >= 0.6 is 0 Å². The average molecular weight is 787 g/mol. The first kappa shape index (κ1) is 34.6. The molecule has 0 N–H and O–H groups in total. The van der Waals surface area contributed by atoms with Crippen LogP contribution in [0.15, 0.2) is 231 Å². The fourth-order valence-corrected chi connectivity index (χ4v) is 10.2. The molecule has 2 heteroatoms. The number of hydrogen-bond donors (Lipinski definition) is 0. The first-order valence-electron chi connectivity index (χ1n) is 21.4. The van der Waals surface area contributed by atoms with Crippen molar-refractivity contribution in [2.24, 2.45) is 0 Å². The molecule has 13 aromatic rings. The van der Waals surface area contributed by atoms with E-state index in [0.29, 0.717) is 0 Å². The lowest BCUT2D eigenvalue weighted by Gasteiger charge is -2.13.